The zero-order valence-corrected chi connectivity index (χ0v) is 23.1. The lowest BCUT2D eigenvalue weighted by atomic mass is 10.2. The molecule has 1 aliphatic heterocycles. The maximum atomic E-state index is 13.8. The molecule has 0 saturated carbocycles. The maximum absolute atomic E-state index is 13.8. The Hall–Kier alpha value is -4.40. The zero-order chi connectivity index (χ0) is 28.9. The lowest BCUT2D eigenvalue weighted by molar-refractivity contribution is -0.137. The number of pyridine rings is 1. The fraction of sp³-hybridized carbons (Fsp3) is 0.346. The number of nitrogens with zero attached hydrogens (tertiary/aromatic N) is 7. The maximum Gasteiger partial charge on any atom is 0.443 e. The second-order valence-corrected chi connectivity index (χ2v) is 10.6. The highest BCUT2D eigenvalue weighted by atomic mass is 32.1. The highest BCUT2D eigenvalue weighted by molar-refractivity contribution is 7.16. The van der Waals surface area contributed by atoms with Crippen molar-refractivity contribution in [1.29, 1.82) is 0 Å². The van der Waals surface area contributed by atoms with Crippen LogP contribution in [0.25, 0.3) is 33.7 Å². The van der Waals surface area contributed by atoms with Gasteiger partial charge in [-0.15, -0.1) is 0 Å². The van der Waals surface area contributed by atoms with Crippen LogP contribution < -0.4 is 14.4 Å². The first-order chi connectivity index (χ1) is 19.7. The SMILES string of the molecule is COc1cc2nc(-c3nc(C(F)(F)F)sc3N3CCN(C(=O)Cn4cnc5cccnc54)[C@H](C)C3)[nH]c2cc1OC. The quantitative estimate of drug-likeness (QED) is 0.315. The smallest absolute Gasteiger partial charge is 0.443 e. The lowest BCUT2D eigenvalue weighted by Crippen LogP contribution is -2.54. The number of fused-ring (bicyclic) bond motifs is 2. The number of aromatic nitrogens is 6. The number of hydrogen-bond donors (Lipinski definition) is 1. The van der Waals surface area contributed by atoms with E-state index < -0.39 is 11.2 Å². The van der Waals surface area contributed by atoms with Gasteiger partial charge in [-0.1, -0.05) is 11.3 Å². The van der Waals surface area contributed by atoms with E-state index in [-0.39, 0.29) is 30.0 Å². The monoisotopic (exact) mass is 586 g/mol. The predicted octanol–water partition coefficient (Wildman–Crippen LogP) is 4.20. The molecule has 1 N–H and O–H groups in total. The third-order valence-electron chi connectivity index (χ3n) is 6.98. The Morgan fingerprint density at radius 3 is 2.63 bits per heavy atom. The molecule has 1 aliphatic rings. The number of hydrogen-bond acceptors (Lipinski definition) is 9. The summed E-state index contributed by atoms with van der Waals surface area (Å²) >= 11 is 0.566. The highest BCUT2D eigenvalue weighted by Crippen LogP contribution is 2.43. The molecule has 15 heteroatoms. The first-order valence-electron chi connectivity index (χ1n) is 12.7. The molecule has 5 aromatic rings. The minimum absolute atomic E-state index is 0.0633. The van der Waals surface area contributed by atoms with E-state index in [2.05, 4.69) is 24.9 Å². The Morgan fingerprint density at radius 1 is 1.12 bits per heavy atom. The molecule has 1 aromatic carbocycles. The van der Waals surface area contributed by atoms with E-state index in [0.29, 0.717) is 69.7 Å². The van der Waals surface area contributed by atoms with Gasteiger partial charge in [-0.25, -0.2) is 19.9 Å². The Morgan fingerprint density at radius 2 is 1.90 bits per heavy atom. The molecule has 0 radical (unpaired) electrons. The largest absolute Gasteiger partial charge is 0.493 e. The molecule has 6 rings (SSSR count). The summed E-state index contributed by atoms with van der Waals surface area (Å²) in [5.41, 5.74) is 2.46. The number of methoxy groups -OCH3 is 2. The minimum Gasteiger partial charge on any atom is -0.493 e. The predicted molar refractivity (Wildman–Crippen MR) is 146 cm³/mol. The molecule has 1 amide bonds. The third-order valence-corrected chi connectivity index (χ3v) is 8.14. The van der Waals surface area contributed by atoms with E-state index in [9.17, 15) is 18.0 Å². The number of amides is 1. The molecule has 11 nitrogen and oxygen atoms in total. The van der Waals surface area contributed by atoms with E-state index in [0.717, 1.165) is 0 Å². The van der Waals surface area contributed by atoms with Crippen LogP contribution in [0.15, 0.2) is 36.8 Å². The van der Waals surface area contributed by atoms with Crippen molar-refractivity contribution in [3.63, 3.8) is 0 Å². The second kappa shape index (κ2) is 10.2. The van der Waals surface area contributed by atoms with Crippen molar-refractivity contribution in [1.82, 2.24) is 34.4 Å². The van der Waals surface area contributed by atoms with Crippen LogP contribution in [0.3, 0.4) is 0 Å². The topological polar surface area (TPSA) is 114 Å². The standard InChI is InChI=1S/C26H25F3N8O3S/c1-14-11-35(7-8-37(14)20(38)12-36-13-31-15-5-4-6-30-23(15)36)24-21(34-25(41-24)26(27,28)29)22-32-16-9-18(39-2)19(40-3)10-17(16)33-22/h4-6,9-10,13-14H,7-8,11-12H2,1-3H3,(H,32,33)/t14-/m1/s1. The molecule has 214 valence electrons. The Bertz CT molecular complexity index is 1710. The summed E-state index contributed by atoms with van der Waals surface area (Å²) < 4.78 is 53.8. The van der Waals surface area contributed by atoms with Crippen molar-refractivity contribution >= 4 is 44.4 Å². The molecule has 0 unspecified atom stereocenters. The number of anilines is 1. The van der Waals surface area contributed by atoms with E-state index in [1.54, 1.807) is 40.2 Å². The van der Waals surface area contributed by atoms with Gasteiger partial charge in [0.1, 0.15) is 22.8 Å². The average Bonchev–Trinajstić information content (AvgIpc) is 3.68. The fourth-order valence-electron chi connectivity index (χ4n) is 5.01. The normalized spacial score (nSPS) is 16.1. The minimum atomic E-state index is -4.62. The summed E-state index contributed by atoms with van der Waals surface area (Å²) in [5.74, 6) is 0.978. The van der Waals surface area contributed by atoms with E-state index in [1.807, 2.05) is 17.9 Å². The summed E-state index contributed by atoms with van der Waals surface area (Å²) in [7, 11) is 2.99. The van der Waals surface area contributed by atoms with Gasteiger partial charge >= 0.3 is 6.18 Å². The Balaban J connectivity index is 1.27. The van der Waals surface area contributed by atoms with Gasteiger partial charge in [0.15, 0.2) is 23.0 Å². The van der Waals surface area contributed by atoms with Crippen molar-refractivity contribution in [3.8, 4) is 23.0 Å². The second-order valence-electron chi connectivity index (χ2n) is 9.58. The Labute approximate surface area is 235 Å². The number of benzene rings is 1. The van der Waals surface area contributed by atoms with Crippen molar-refractivity contribution in [2.24, 2.45) is 0 Å². The van der Waals surface area contributed by atoms with Crippen LogP contribution >= 0.6 is 11.3 Å². The first-order valence-corrected chi connectivity index (χ1v) is 13.5. The van der Waals surface area contributed by atoms with Crippen molar-refractivity contribution in [3.05, 3.63) is 41.8 Å². The van der Waals surface area contributed by atoms with Crippen LogP contribution in [-0.2, 0) is 17.5 Å². The molecule has 4 aromatic heterocycles. The van der Waals surface area contributed by atoms with E-state index in [1.165, 1.54) is 14.2 Å². The summed E-state index contributed by atoms with van der Waals surface area (Å²) in [4.78, 5) is 37.0. The van der Waals surface area contributed by atoms with Crippen LogP contribution in [0.5, 0.6) is 11.5 Å². The summed E-state index contributed by atoms with van der Waals surface area (Å²) in [6.07, 6.45) is -1.40. The van der Waals surface area contributed by atoms with Crippen LogP contribution in [0.4, 0.5) is 18.2 Å². The van der Waals surface area contributed by atoms with Gasteiger partial charge in [0.2, 0.25) is 10.9 Å². The molecule has 41 heavy (non-hydrogen) atoms. The number of aromatic amines is 1. The van der Waals surface area contributed by atoms with E-state index >= 15 is 0 Å². The number of nitrogens with one attached hydrogen (secondary N) is 1. The molecule has 1 atom stereocenters. The van der Waals surface area contributed by atoms with Gasteiger partial charge in [-0.2, -0.15) is 13.2 Å². The number of alkyl halides is 3. The third kappa shape index (κ3) is 4.90. The summed E-state index contributed by atoms with van der Waals surface area (Å²) in [6.45, 7) is 2.91. The van der Waals surface area contributed by atoms with Crippen molar-refractivity contribution < 1.29 is 27.4 Å². The van der Waals surface area contributed by atoms with Crippen LogP contribution in [0, 0.1) is 0 Å². The first kappa shape index (κ1) is 26.8. The van der Waals surface area contributed by atoms with Crippen LogP contribution in [-0.4, -0.2) is 80.2 Å². The zero-order valence-electron chi connectivity index (χ0n) is 22.3. The highest BCUT2D eigenvalue weighted by Gasteiger charge is 2.39. The van der Waals surface area contributed by atoms with Gasteiger partial charge in [-0.3, -0.25) is 4.79 Å². The number of imidazole rings is 2. The summed E-state index contributed by atoms with van der Waals surface area (Å²) in [6, 6.07) is 6.65. The number of halogens is 3. The van der Waals surface area contributed by atoms with Gasteiger partial charge in [0.25, 0.3) is 0 Å². The number of H-pyrrole nitrogens is 1. The molecule has 0 spiro atoms. The summed E-state index contributed by atoms with van der Waals surface area (Å²) in [5, 5.41) is -0.636. The van der Waals surface area contributed by atoms with Crippen LogP contribution in [0.2, 0.25) is 0 Å². The average molecular weight is 587 g/mol. The number of carbonyl (C=O) groups excluding carboxylic acids is 1. The van der Waals surface area contributed by atoms with E-state index in [4.69, 9.17) is 9.47 Å². The molecular formula is C26H25F3N8O3S. The molecule has 1 saturated heterocycles. The fourth-order valence-corrected chi connectivity index (χ4v) is 5.98. The van der Waals surface area contributed by atoms with Crippen molar-refractivity contribution in [2.45, 2.75) is 25.7 Å². The molecule has 1 fully saturated rings. The molecule has 0 aliphatic carbocycles. The number of ether oxygens (including phenoxy) is 2. The molecule has 5 heterocycles. The van der Waals surface area contributed by atoms with Gasteiger partial charge in [0.05, 0.1) is 31.6 Å². The van der Waals surface area contributed by atoms with Gasteiger partial charge in [-0.05, 0) is 19.1 Å². The molecule has 0 bridgehead atoms. The number of thiazole rings is 1. The lowest BCUT2D eigenvalue weighted by Gasteiger charge is -2.40. The van der Waals surface area contributed by atoms with Crippen LogP contribution in [0.1, 0.15) is 11.9 Å². The number of rotatable bonds is 6. The van der Waals surface area contributed by atoms with Crippen molar-refractivity contribution in [2.75, 3.05) is 38.8 Å². The van der Waals surface area contributed by atoms with Gasteiger partial charge < -0.3 is 28.8 Å². The number of carbonyl (C=O) groups is 1. The number of piperazine rings is 1. The van der Waals surface area contributed by atoms with Gasteiger partial charge in [0, 0.05) is 44.0 Å². The Kier molecular flexibility index (Phi) is 6.68. The molecular weight excluding hydrogens is 561 g/mol.